The molecular formula is C25H28F2N6O3. The van der Waals surface area contributed by atoms with E-state index < -0.39 is 23.5 Å². The van der Waals surface area contributed by atoms with Crippen LogP contribution in [0, 0.1) is 11.6 Å². The maximum absolute atomic E-state index is 14.6. The molecule has 1 saturated heterocycles. The third-order valence-corrected chi connectivity index (χ3v) is 6.01. The first-order chi connectivity index (χ1) is 17.2. The van der Waals surface area contributed by atoms with Crippen molar-refractivity contribution in [2.45, 2.75) is 51.5 Å². The van der Waals surface area contributed by atoms with E-state index in [0.29, 0.717) is 30.2 Å². The van der Waals surface area contributed by atoms with Gasteiger partial charge in [0.25, 0.3) is 0 Å². The molecular weight excluding hydrogens is 470 g/mol. The minimum atomic E-state index is -0.714. The van der Waals surface area contributed by atoms with Crippen LogP contribution in [0.1, 0.15) is 39.3 Å². The van der Waals surface area contributed by atoms with Crippen molar-refractivity contribution in [1.29, 1.82) is 0 Å². The van der Waals surface area contributed by atoms with Crippen LogP contribution in [0.15, 0.2) is 46.1 Å². The summed E-state index contributed by atoms with van der Waals surface area (Å²) in [6, 6.07) is 3.52. The van der Waals surface area contributed by atoms with Crippen LogP contribution in [0.5, 0.6) is 0 Å². The normalized spacial score (nSPS) is 18.9. The first-order valence-electron chi connectivity index (χ1n) is 11.8. The molecule has 1 atom stereocenters. The number of carbonyl (C=O) groups excluding carboxylic acids is 1. The Morgan fingerprint density at radius 3 is 2.75 bits per heavy atom. The molecule has 36 heavy (non-hydrogen) atoms. The van der Waals surface area contributed by atoms with E-state index in [-0.39, 0.29) is 23.5 Å². The molecule has 11 heteroatoms. The molecule has 3 aromatic rings. The average Bonchev–Trinajstić information content (AvgIpc) is 3.40. The van der Waals surface area contributed by atoms with Crippen LogP contribution < -0.4 is 10.6 Å². The molecule has 2 aromatic heterocycles. The number of rotatable bonds is 4. The van der Waals surface area contributed by atoms with Crippen molar-refractivity contribution in [3.63, 3.8) is 0 Å². The van der Waals surface area contributed by atoms with Gasteiger partial charge in [-0.1, -0.05) is 0 Å². The Kier molecular flexibility index (Phi) is 6.25. The number of hydrogen-bond donors (Lipinski definition) is 2. The highest BCUT2D eigenvalue weighted by Crippen LogP contribution is 2.32. The number of amides is 1. The van der Waals surface area contributed by atoms with Gasteiger partial charge in [0.2, 0.25) is 0 Å². The van der Waals surface area contributed by atoms with Crippen LogP contribution in [0.2, 0.25) is 0 Å². The highest BCUT2D eigenvalue weighted by molar-refractivity contribution is 5.89. The fraction of sp³-hybridized carbons (Fsp3) is 0.400. The molecule has 1 unspecified atom stereocenters. The van der Waals surface area contributed by atoms with Gasteiger partial charge in [-0.3, -0.25) is 14.7 Å². The Morgan fingerprint density at radius 2 is 2.03 bits per heavy atom. The molecule has 0 aliphatic carbocycles. The number of hydrogen-bond acceptors (Lipinski definition) is 7. The van der Waals surface area contributed by atoms with Gasteiger partial charge in [0.15, 0.2) is 6.29 Å². The number of nitrogens with zero attached hydrogens (tertiary/aromatic N) is 4. The molecule has 0 saturated carbocycles. The summed E-state index contributed by atoms with van der Waals surface area (Å²) in [5, 5.41) is 6.81. The van der Waals surface area contributed by atoms with Crippen molar-refractivity contribution >= 4 is 23.8 Å². The van der Waals surface area contributed by atoms with E-state index in [1.54, 1.807) is 27.8 Å². The lowest BCUT2D eigenvalue weighted by Gasteiger charge is -2.35. The summed E-state index contributed by atoms with van der Waals surface area (Å²) in [6.07, 6.45) is 7.37. The Labute approximate surface area is 206 Å². The van der Waals surface area contributed by atoms with Gasteiger partial charge in [0.1, 0.15) is 34.9 Å². The number of imidazole rings is 1. The van der Waals surface area contributed by atoms with Crippen LogP contribution in [0.4, 0.5) is 13.6 Å². The highest BCUT2D eigenvalue weighted by Gasteiger charge is 2.29. The first-order valence-corrected chi connectivity index (χ1v) is 11.8. The van der Waals surface area contributed by atoms with E-state index >= 15 is 0 Å². The summed E-state index contributed by atoms with van der Waals surface area (Å²) in [6.45, 7) is 6.72. The smallest absolute Gasteiger partial charge is 0.410 e. The van der Waals surface area contributed by atoms with Crippen molar-refractivity contribution in [1.82, 2.24) is 24.9 Å². The van der Waals surface area contributed by atoms with Crippen molar-refractivity contribution in [2.75, 3.05) is 13.1 Å². The number of ether oxygens (including phenoxy) is 1. The number of aromatic nitrogens is 2. The largest absolute Gasteiger partial charge is 0.444 e. The fourth-order valence-electron chi connectivity index (χ4n) is 4.36. The third-order valence-electron chi connectivity index (χ3n) is 6.01. The van der Waals surface area contributed by atoms with Crippen LogP contribution in [-0.4, -0.2) is 57.6 Å². The predicted molar refractivity (Wildman–Crippen MR) is 130 cm³/mol. The van der Waals surface area contributed by atoms with Crippen LogP contribution in [0.3, 0.4) is 0 Å². The van der Waals surface area contributed by atoms with Crippen LogP contribution in [0.25, 0.3) is 22.8 Å². The summed E-state index contributed by atoms with van der Waals surface area (Å²) in [7, 11) is 0. The second-order valence-electron chi connectivity index (χ2n) is 9.82. The molecule has 2 aliphatic rings. The molecule has 190 valence electrons. The lowest BCUT2D eigenvalue weighted by molar-refractivity contribution is 0.0195. The fourth-order valence-corrected chi connectivity index (χ4v) is 4.36. The second-order valence-corrected chi connectivity index (χ2v) is 9.82. The summed E-state index contributed by atoms with van der Waals surface area (Å²) in [4.78, 5) is 23.0. The SMILES string of the molecule is CC(C)(C)OC(=O)N1CCC(NC2N=CC=C(c3c(-c4ccc(F)cc4F)nc4occn34)N2)CC1. The number of fused-ring (bicyclic) bond motifs is 1. The van der Waals surface area contributed by atoms with Crippen molar-refractivity contribution in [3.05, 3.63) is 54.1 Å². The van der Waals surface area contributed by atoms with Crippen LogP contribution >= 0.6 is 0 Å². The minimum absolute atomic E-state index is 0.131. The van der Waals surface area contributed by atoms with Gasteiger partial charge in [-0.15, -0.1) is 0 Å². The molecule has 1 amide bonds. The standard InChI is InChI=1S/C25H28F2N6O3/c1-25(2,3)36-24(34)32-10-7-16(8-11-32)29-22-28-9-6-19(30-22)21-20(31-23-33(21)12-13-35-23)17-5-4-15(26)14-18(17)27/h4-6,9,12-14,16,22,29-30H,7-8,10-11H2,1-3H3. The average molecular weight is 499 g/mol. The van der Waals surface area contributed by atoms with Crippen LogP contribution in [-0.2, 0) is 4.74 Å². The zero-order chi connectivity index (χ0) is 25.4. The van der Waals surface area contributed by atoms with E-state index in [1.807, 2.05) is 20.8 Å². The number of nitrogens with one attached hydrogen (secondary N) is 2. The van der Waals surface area contributed by atoms with Gasteiger partial charge in [-0.25, -0.2) is 13.6 Å². The molecule has 0 bridgehead atoms. The topological polar surface area (TPSA) is 96.4 Å². The van der Waals surface area contributed by atoms with Crippen molar-refractivity contribution in [3.8, 4) is 11.3 Å². The van der Waals surface area contributed by atoms with Crippen molar-refractivity contribution in [2.24, 2.45) is 4.99 Å². The molecule has 9 nitrogen and oxygen atoms in total. The Morgan fingerprint density at radius 1 is 1.25 bits per heavy atom. The van der Waals surface area contributed by atoms with E-state index in [9.17, 15) is 13.6 Å². The van der Waals surface area contributed by atoms with E-state index in [4.69, 9.17) is 9.15 Å². The maximum Gasteiger partial charge on any atom is 0.410 e. The van der Waals surface area contributed by atoms with Gasteiger partial charge in [0, 0.05) is 43.2 Å². The number of halogens is 2. The van der Waals surface area contributed by atoms with Gasteiger partial charge >= 0.3 is 11.9 Å². The molecule has 0 spiro atoms. The Bertz CT molecular complexity index is 1330. The van der Waals surface area contributed by atoms with E-state index in [2.05, 4.69) is 20.6 Å². The molecule has 2 N–H and O–H groups in total. The molecule has 5 rings (SSSR count). The number of oxazole rings is 1. The Hall–Kier alpha value is -3.73. The number of benzene rings is 1. The third kappa shape index (κ3) is 4.97. The molecule has 4 heterocycles. The summed E-state index contributed by atoms with van der Waals surface area (Å²) >= 11 is 0. The van der Waals surface area contributed by atoms with E-state index in [0.717, 1.165) is 18.9 Å². The minimum Gasteiger partial charge on any atom is -0.444 e. The maximum atomic E-state index is 14.6. The molecule has 1 fully saturated rings. The Balaban J connectivity index is 1.29. The van der Waals surface area contributed by atoms with Gasteiger partial charge in [-0.05, 0) is 51.8 Å². The number of piperidine rings is 1. The number of carbonyl (C=O) groups is 1. The monoisotopic (exact) mass is 498 g/mol. The second kappa shape index (κ2) is 9.38. The van der Waals surface area contributed by atoms with Gasteiger partial charge in [0.05, 0.1) is 5.70 Å². The summed E-state index contributed by atoms with van der Waals surface area (Å²) in [5.74, 6) is -1.09. The quantitative estimate of drug-likeness (QED) is 0.561. The lowest BCUT2D eigenvalue weighted by atomic mass is 10.1. The predicted octanol–water partition coefficient (Wildman–Crippen LogP) is 4.16. The first kappa shape index (κ1) is 24.0. The van der Waals surface area contributed by atoms with Crippen molar-refractivity contribution < 1.29 is 22.7 Å². The molecule has 1 aromatic carbocycles. The van der Waals surface area contributed by atoms with E-state index in [1.165, 1.54) is 18.4 Å². The zero-order valence-corrected chi connectivity index (χ0v) is 20.3. The number of likely N-dealkylation sites (tertiary alicyclic amines) is 1. The molecule has 2 aliphatic heterocycles. The number of allylic oxidation sites excluding steroid dienone is 1. The summed E-state index contributed by atoms with van der Waals surface area (Å²) in [5.41, 5.74) is 1.18. The zero-order valence-electron chi connectivity index (χ0n) is 20.3. The van der Waals surface area contributed by atoms with Gasteiger partial charge < -0.3 is 19.4 Å². The highest BCUT2D eigenvalue weighted by atomic mass is 19.1. The number of aliphatic imine (C=N–C) groups is 1. The van der Waals surface area contributed by atoms with Gasteiger partial charge in [-0.2, -0.15) is 4.98 Å². The lowest BCUT2D eigenvalue weighted by Crippen LogP contribution is -2.52. The molecule has 0 radical (unpaired) electrons. The summed E-state index contributed by atoms with van der Waals surface area (Å²) < 4.78 is 40.8.